The summed E-state index contributed by atoms with van der Waals surface area (Å²) in [6.07, 6.45) is 0. The van der Waals surface area contributed by atoms with E-state index in [1.165, 1.54) is 19.1 Å². The quantitative estimate of drug-likeness (QED) is 0.233. The van der Waals surface area contributed by atoms with Gasteiger partial charge in [0.1, 0.15) is 18.1 Å². The van der Waals surface area contributed by atoms with Gasteiger partial charge >= 0.3 is 0 Å². The van der Waals surface area contributed by atoms with Crippen molar-refractivity contribution in [1.82, 2.24) is 9.80 Å². The third-order valence-corrected chi connectivity index (χ3v) is 6.74. The summed E-state index contributed by atoms with van der Waals surface area (Å²) in [7, 11) is 6.85. The molecule has 1 heterocycles. The summed E-state index contributed by atoms with van der Waals surface area (Å²) < 4.78 is 16.8. The molecule has 204 valence electrons. The van der Waals surface area contributed by atoms with E-state index in [9.17, 15) is 14.7 Å². The molecular formula is C31H34N2O6. The van der Waals surface area contributed by atoms with Gasteiger partial charge in [0, 0.05) is 18.7 Å². The smallest absolute Gasteiger partial charge is 0.295 e. The van der Waals surface area contributed by atoms with E-state index in [-0.39, 0.29) is 11.3 Å². The predicted molar refractivity (Wildman–Crippen MR) is 149 cm³/mol. The van der Waals surface area contributed by atoms with Crippen molar-refractivity contribution in [3.05, 3.63) is 94.6 Å². The van der Waals surface area contributed by atoms with E-state index in [1.54, 1.807) is 36.4 Å². The normalized spacial score (nSPS) is 16.6. The Bertz CT molecular complexity index is 1380. The molecule has 1 fully saturated rings. The maximum absolute atomic E-state index is 13.3. The lowest BCUT2D eigenvalue weighted by Gasteiger charge is -2.27. The first-order chi connectivity index (χ1) is 18.7. The highest BCUT2D eigenvalue weighted by Gasteiger charge is 2.46. The Labute approximate surface area is 229 Å². The Balaban J connectivity index is 1.74. The van der Waals surface area contributed by atoms with Gasteiger partial charge in [-0.15, -0.1) is 0 Å². The molecule has 0 saturated carbocycles. The zero-order valence-electron chi connectivity index (χ0n) is 22.9. The maximum atomic E-state index is 13.3. The molecule has 3 aromatic rings. The molecule has 1 aliphatic rings. The summed E-state index contributed by atoms with van der Waals surface area (Å²) in [5.41, 5.74) is 2.92. The lowest BCUT2D eigenvalue weighted by molar-refractivity contribution is -0.140. The van der Waals surface area contributed by atoms with Crippen LogP contribution >= 0.6 is 0 Å². The van der Waals surface area contributed by atoms with Crippen LogP contribution in [0.3, 0.4) is 0 Å². The van der Waals surface area contributed by atoms with Gasteiger partial charge in [0.05, 0.1) is 25.8 Å². The van der Waals surface area contributed by atoms with Crippen molar-refractivity contribution < 1.29 is 28.9 Å². The summed E-state index contributed by atoms with van der Waals surface area (Å²) in [6.45, 7) is 3.13. The van der Waals surface area contributed by atoms with E-state index in [4.69, 9.17) is 14.2 Å². The number of benzene rings is 3. The number of aliphatic hydroxyl groups excluding tert-OH is 1. The minimum absolute atomic E-state index is 0.0309. The van der Waals surface area contributed by atoms with Crippen molar-refractivity contribution in [2.75, 3.05) is 41.4 Å². The largest absolute Gasteiger partial charge is 0.507 e. The summed E-state index contributed by atoms with van der Waals surface area (Å²) in [6, 6.07) is 19.5. The topological polar surface area (TPSA) is 88.5 Å². The molecule has 1 aliphatic heterocycles. The predicted octanol–water partition coefficient (Wildman–Crippen LogP) is 4.57. The number of carbonyl (C=O) groups is 2. The fraction of sp³-hybridized carbons (Fsp3) is 0.290. The summed E-state index contributed by atoms with van der Waals surface area (Å²) in [5, 5.41) is 11.5. The Hall–Kier alpha value is -4.30. The lowest BCUT2D eigenvalue weighted by Crippen LogP contribution is -2.35. The number of carbonyl (C=O) groups excluding carboxylic acids is 2. The fourth-order valence-electron chi connectivity index (χ4n) is 4.64. The minimum atomic E-state index is -0.793. The van der Waals surface area contributed by atoms with E-state index in [2.05, 4.69) is 0 Å². The number of ketones is 1. The molecular weight excluding hydrogens is 496 g/mol. The molecule has 1 amide bonds. The van der Waals surface area contributed by atoms with Crippen molar-refractivity contribution in [2.24, 2.45) is 0 Å². The molecule has 0 aromatic heterocycles. The Morgan fingerprint density at radius 3 is 2.26 bits per heavy atom. The second-order valence-electron chi connectivity index (χ2n) is 9.66. The van der Waals surface area contributed by atoms with Crippen molar-refractivity contribution >= 4 is 17.4 Å². The number of aliphatic hydroxyl groups is 1. The van der Waals surface area contributed by atoms with Gasteiger partial charge in [-0.3, -0.25) is 9.59 Å². The Morgan fingerprint density at radius 2 is 1.62 bits per heavy atom. The van der Waals surface area contributed by atoms with Crippen molar-refractivity contribution in [3.63, 3.8) is 0 Å². The number of aryl methyl sites for hydroxylation is 1. The van der Waals surface area contributed by atoms with Gasteiger partial charge in [-0.2, -0.15) is 0 Å². The first kappa shape index (κ1) is 27.7. The first-order valence-electron chi connectivity index (χ1n) is 12.7. The van der Waals surface area contributed by atoms with Crippen LogP contribution in [0.25, 0.3) is 5.76 Å². The highest BCUT2D eigenvalue weighted by molar-refractivity contribution is 6.46. The molecule has 4 rings (SSSR count). The number of ether oxygens (including phenoxy) is 3. The number of likely N-dealkylation sites (N-methyl/N-ethyl adjacent to an activating group) is 1. The number of nitrogens with zero attached hydrogens (tertiary/aromatic N) is 2. The number of Topliss-reactive ketones (excluding diaryl/α,β-unsaturated/α-hetero) is 1. The van der Waals surface area contributed by atoms with Gasteiger partial charge in [0.25, 0.3) is 11.7 Å². The van der Waals surface area contributed by atoms with Crippen LogP contribution in [0.4, 0.5) is 0 Å². The summed E-state index contributed by atoms with van der Waals surface area (Å²) in [5.74, 6) is 0.0273. The van der Waals surface area contributed by atoms with Crippen LogP contribution < -0.4 is 14.2 Å². The molecule has 0 spiro atoms. The second kappa shape index (κ2) is 12.0. The SMILES string of the molecule is COc1ccc(C2/C(=C(/O)c3ccc(OCc4ccccc4)c(C)c3)C(=O)C(=O)N2CCN(C)C)cc1OC. The summed E-state index contributed by atoms with van der Waals surface area (Å²) >= 11 is 0. The number of hydrogen-bond donors (Lipinski definition) is 1. The third-order valence-electron chi connectivity index (χ3n) is 6.74. The number of likely N-dealkylation sites (tertiary alicyclic amines) is 1. The Kier molecular flexibility index (Phi) is 8.56. The molecule has 8 nitrogen and oxygen atoms in total. The van der Waals surface area contributed by atoms with Crippen LogP contribution in [0.15, 0.2) is 72.3 Å². The van der Waals surface area contributed by atoms with E-state index in [0.29, 0.717) is 48.1 Å². The number of hydrogen-bond acceptors (Lipinski definition) is 7. The number of methoxy groups -OCH3 is 2. The number of rotatable bonds is 10. The molecule has 3 aromatic carbocycles. The Morgan fingerprint density at radius 1 is 0.923 bits per heavy atom. The molecule has 0 bridgehead atoms. The highest BCUT2D eigenvalue weighted by atomic mass is 16.5. The van der Waals surface area contributed by atoms with Gasteiger partial charge in [0.15, 0.2) is 11.5 Å². The van der Waals surface area contributed by atoms with Crippen molar-refractivity contribution in [2.45, 2.75) is 19.6 Å². The molecule has 39 heavy (non-hydrogen) atoms. The van der Waals surface area contributed by atoms with Gasteiger partial charge < -0.3 is 29.1 Å². The van der Waals surface area contributed by atoms with E-state index < -0.39 is 17.7 Å². The number of amides is 1. The standard InChI is InChI=1S/C31H34N2O6/c1-20-17-23(12-13-24(20)39-19-21-9-7-6-8-10-21)29(34)27-28(22-11-14-25(37-4)26(18-22)38-5)33(16-15-32(2)3)31(36)30(27)35/h6-14,17-18,28,34H,15-16,19H2,1-5H3/b29-27-. The summed E-state index contributed by atoms with van der Waals surface area (Å²) in [4.78, 5) is 30.0. The molecule has 0 radical (unpaired) electrons. The highest BCUT2D eigenvalue weighted by Crippen LogP contribution is 2.42. The zero-order valence-corrected chi connectivity index (χ0v) is 22.9. The van der Waals surface area contributed by atoms with Crippen LogP contribution in [0, 0.1) is 6.92 Å². The van der Waals surface area contributed by atoms with Gasteiger partial charge in [0.2, 0.25) is 0 Å². The van der Waals surface area contributed by atoms with Crippen LogP contribution in [0.5, 0.6) is 17.2 Å². The monoisotopic (exact) mass is 530 g/mol. The first-order valence-corrected chi connectivity index (χ1v) is 12.7. The van der Waals surface area contributed by atoms with Crippen LogP contribution in [0.1, 0.15) is 28.3 Å². The molecule has 0 aliphatic carbocycles. The molecule has 1 unspecified atom stereocenters. The van der Waals surface area contributed by atoms with Crippen LogP contribution in [0.2, 0.25) is 0 Å². The molecule has 1 N–H and O–H groups in total. The van der Waals surface area contributed by atoms with Gasteiger partial charge in [-0.1, -0.05) is 36.4 Å². The third kappa shape index (κ3) is 5.91. The lowest BCUT2D eigenvalue weighted by atomic mass is 9.94. The molecule has 8 heteroatoms. The maximum Gasteiger partial charge on any atom is 0.295 e. The second-order valence-corrected chi connectivity index (χ2v) is 9.66. The molecule has 1 atom stereocenters. The van der Waals surface area contributed by atoms with Crippen LogP contribution in [-0.4, -0.2) is 68.0 Å². The van der Waals surface area contributed by atoms with Gasteiger partial charge in [-0.05, 0) is 68.0 Å². The molecule has 1 saturated heterocycles. The zero-order chi connectivity index (χ0) is 28.1. The van der Waals surface area contributed by atoms with Crippen molar-refractivity contribution in [3.8, 4) is 17.2 Å². The van der Waals surface area contributed by atoms with Crippen molar-refractivity contribution in [1.29, 1.82) is 0 Å². The van der Waals surface area contributed by atoms with E-state index >= 15 is 0 Å². The average molecular weight is 531 g/mol. The average Bonchev–Trinajstić information content (AvgIpc) is 3.20. The van der Waals surface area contributed by atoms with Gasteiger partial charge in [-0.25, -0.2) is 0 Å². The van der Waals surface area contributed by atoms with Crippen LogP contribution in [-0.2, 0) is 16.2 Å². The van der Waals surface area contributed by atoms with E-state index in [1.807, 2.05) is 56.3 Å². The minimum Gasteiger partial charge on any atom is -0.507 e. The van der Waals surface area contributed by atoms with E-state index in [0.717, 1.165) is 11.1 Å². The fourth-order valence-corrected chi connectivity index (χ4v) is 4.64.